The Hall–Kier alpha value is -0.570. The van der Waals surface area contributed by atoms with Gasteiger partial charge in [-0.15, -0.1) is 0 Å². The van der Waals surface area contributed by atoms with Crippen molar-refractivity contribution in [3.8, 4) is 0 Å². The molecule has 0 saturated heterocycles. The van der Waals surface area contributed by atoms with Crippen LogP contribution < -0.4 is 0 Å². The average molecular weight is 158 g/mol. The van der Waals surface area contributed by atoms with Crippen molar-refractivity contribution >= 4 is 5.97 Å². The molecule has 1 rings (SSSR count). The van der Waals surface area contributed by atoms with Gasteiger partial charge in [0.15, 0.2) is 0 Å². The van der Waals surface area contributed by atoms with E-state index in [1.165, 1.54) is 13.5 Å². The highest BCUT2D eigenvalue weighted by atomic mass is 17.2. The second-order valence-electron chi connectivity index (χ2n) is 2.90. The quantitative estimate of drug-likeness (QED) is 0.453. The molecule has 1 aliphatic carbocycles. The summed E-state index contributed by atoms with van der Waals surface area (Å²) in [6.45, 7) is 0. The van der Waals surface area contributed by atoms with Gasteiger partial charge in [-0.05, 0) is 12.8 Å². The molecule has 0 atom stereocenters. The molecule has 1 saturated carbocycles. The standard InChI is InChI=1S/C8H14O3/c1-10-11-8(9)7-5-3-2-4-6-7/h7H,2-6H2,1H3. The van der Waals surface area contributed by atoms with Gasteiger partial charge >= 0.3 is 5.97 Å². The number of carbonyl (C=O) groups excluding carboxylic acids is 1. The van der Waals surface area contributed by atoms with Crippen LogP contribution in [0.3, 0.4) is 0 Å². The van der Waals surface area contributed by atoms with Gasteiger partial charge in [0.2, 0.25) is 0 Å². The molecule has 1 aliphatic rings. The second kappa shape index (κ2) is 4.34. The summed E-state index contributed by atoms with van der Waals surface area (Å²) in [6.07, 6.45) is 5.45. The summed E-state index contributed by atoms with van der Waals surface area (Å²) in [7, 11) is 1.36. The van der Waals surface area contributed by atoms with Crippen molar-refractivity contribution in [1.82, 2.24) is 0 Å². The Bertz CT molecular complexity index is 127. The lowest BCUT2D eigenvalue weighted by Crippen LogP contribution is -2.19. The SMILES string of the molecule is COOC(=O)C1CCCCC1. The third-order valence-electron chi connectivity index (χ3n) is 2.10. The van der Waals surface area contributed by atoms with E-state index in [9.17, 15) is 4.79 Å². The Balaban J connectivity index is 2.27. The highest BCUT2D eigenvalue weighted by Gasteiger charge is 2.22. The molecule has 0 amide bonds. The van der Waals surface area contributed by atoms with Crippen molar-refractivity contribution in [3.05, 3.63) is 0 Å². The van der Waals surface area contributed by atoms with Crippen LogP contribution in [0.5, 0.6) is 0 Å². The van der Waals surface area contributed by atoms with Gasteiger partial charge in [0, 0.05) is 0 Å². The van der Waals surface area contributed by atoms with Crippen LogP contribution >= 0.6 is 0 Å². The van der Waals surface area contributed by atoms with Crippen molar-refractivity contribution in [2.75, 3.05) is 7.11 Å². The maximum atomic E-state index is 11.1. The molecule has 0 aromatic carbocycles. The van der Waals surface area contributed by atoms with Crippen molar-refractivity contribution in [1.29, 1.82) is 0 Å². The monoisotopic (exact) mass is 158 g/mol. The summed E-state index contributed by atoms with van der Waals surface area (Å²) in [5.74, 6) is -0.115. The molecule has 64 valence electrons. The number of rotatable bonds is 2. The first-order valence-corrected chi connectivity index (χ1v) is 4.09. The molecule has 3 heteroatoms. The minimum absolute atomic E-state index is 0.0868. The zero-order valence-corrected chi connectivity index (χ0v) is 6.84. The van der Waals surface area contributed by atoms with Gasteiger partial charge in [-0.2, -0.15) is 4.89 Å². The van der Waals surface area contributed by atoms with E-state index >= 15 is 0 Å². The fourth-order valence-corrected chi connectivity index (χ4v) is 1.49. The van der Waals surface area contributed by atoms with Crippen LogP contribution in [0.4, 0.5) is 0 Å². The van der Waals surface area contributed by atoms with Gasteiger partial charge < -0.3 is 0 Å². The first-order valence-electron chi connectivity index (χ1n) is 4.09. The summed E-state index contributed by atoms with van der Waals surface area (Å²) >= 11 is 0. The third-order valence-corrected chi connectivity index (χ3v) is 2.10. The fourth-order valence-electron chi connectivity index (χ4n) is 1.49. The lowest BCUT2D eigenvalue weighted by atomic mass is 9.89. The Labute approximate surface area is 66.6 Å². The van der Waals surface area contributed by atoms with Gasteiger partial charge in [-0.25, -0.2) is 4.79 Å². The maximum Gasteiger partial charge on any atom is 0.345 e. The van der Waals surface area contributed by atoms with E-state index in [2.05, 4.69) is 9.78 Å². The molecule has 0 bridgehead atoms. The number of hydrogen-bond donors (Lipinski definition) is 0. The van der Waals surface area contributed by atoms with E-state index in [1.54, 1.807) is 0 Å². The van der Waals surface area contributed by atoms with Crippen LogP contribution in [-0.4, -0.2) is 13.1 Å². The molecule has 0 radical (unpaired) electrons. The Morgan fingerprint density at radius 3 is 2.45 bits per heavy atom. The molecule has 0 spiro atoms. The van der Waals surface area contributed by atoms with E-state index < -0.39 is 0 Å². The van der Waals surface area contributed by atoms with Gasteiger partial charge in [0.25, 0.3) is 0 Å². The Morgan fingerprint density at radius 1 is 1.27 bits per heavy atom. The summed E-state index contributed by atoms with van der Waals surface area (Å²) in [5.41, 5.74) is 0. The van der Waals surface area contributed by atoms with Crippen LogP contribution in [0.15, 0.2) is 0 Å². The van der Waals surface area contributed by atoms with E-state index in [0.717, 1.165) is 25.7 Å². The zero-order valence-electron chi connectivity index (χ0n) is 6.84. The van der Waals surface area contributed by atoms with E-state index in [1.807, 2.05) is 0 Å². The largest absolute Gasteiger partial charge is 0.345 e. The molecule has 0 heterocycles. The van der Waals surface area contributed by atoms with Gasteiger partial charge in [0.1, 0.15) is 0 Å². The smallest absolute Gasteiger partial charge is 0.298 e. The predicted molar refractivity (Wildman–Crippen MR) is 39.7 cm³/mol. The van der Waals surface area contributed by atoms with Gasteiger partial charge in [-0.3, -0.25) is 4.89 Å². The molecule has 0 aromatic rings. The summed E-state index contributed by atoms with van der Waals surface area (Å²) in [4.78, 5) is 19.8. The first kappa shape index (κ1) is 8.53. The lowest BCUT2D eigenvalue weighted by molar-refractivity contribution is -0.259. The Kier molecular flexibility index (Phi) is 3.36. The average Bonchev–Trinajstić information content (AvgIpc) is 2.07. The lowest BCUT2D eigenvalue weighted by Gasteiger charge is -2.18. The summed E-state index contributed by atoms with van der Waals surface area (Å²) in [5, 5.41) is 0. The zero-order chi connectivity index (χ0) is 8.10. The fraction of sp³-hybridized carbons (Fsp3) is 0.875. The molecule has 0 aliphatic heterocycles. The van der Waals surface area contributed by atoms with Gasteiger partial charge in [-0.1, -0.05) is 19.3 Å². The highest BCUT2D eigenvalue weighted by Crippen LogP contribution is 2.24. The summed E-state index contributed by atoms with van der Waals surface area (Å²) in [6, 6.07) is 0. The molecular weight excluding hydrogens is 144 g/mol. The topological polar surface area (TPSA) is 35.5 Å². The van der Waals surface area contributed by atoms with Crippen LogP contribution in [-0.2, 0) is 14.6 Å². The van der Waals surface area contributed by atoms with E-state index in [4.69, 9.17) is 0 Å². The van der Waals surface area contributed by atoms with Crippen LogP contribution in [0.2, 0.25) is 0 Å². The minimum Gasteiger partial charge on any atom is -0.298 e. The van der Waals surface area contributed by atoms with Crippen molar-refractivity contribution in [3.63, 3.8) is 0 Å². The van der Waals surface area contributed by atoms with Crippen molar-refractivity contribution in [2.24, 2.45) is 5.92 Å². The van der Waals surface area contributed by atoms with Gasteiger partial charge in [0.05, 0.1) is 13.0 Å². The molecule has 0 unspecified atom stereocenters. The minimum atomic E-state index is -0.202. The van der Waals surface area contributed by atoms with Crippen LogP contribution in [0.1, 0.15) is 32.1 Å². The second-order valence-corrected chi connectivity index (χ2v) is 2.90. The third kappa shape index (κ3) is 2.50. The van der Waals surface area contributed by atoms with Crippen LogP contribution in [0.25, 0.3) is 0 Å². The molecular formula is C8H14O3. The molecule has 1 fully saturated rings. The van der Waals surface area contributed by atoms with Crippen molar-refractivity contribution < 1.29 is 14.6 Å². The molecule has 11 heavy (non-hydrogen) atoms. The number of hydrogen-bond acceptors (Lipinski definition) is 3. The van der Waals surface area contributed by atoms with Crippen molar-refractivity contribution in [2.45, 2.75) is 32.1 Å². The Morgan fingerprint density at radius 2 is 1.91 bits per heavy atom. The van der Waals surface area contributed by atoms with E-state index in [-0.39, 0.29) is 11.9 Å². The summed E-state index contributed by atoms with van der Waals surface area (Å²) < 4.78 is 0. The molecule has 0 aromatic heterocycles. The maximum absolute atomic E-state index is 11.1. The number of carbonyl (C=O) groups is 1. The van der Waals surface area contributed by atoms with Crippen LogP contribution in [0, 0.1) is 5.92 Å². The molecule has 0 N–H and O–H groups in total. The predicted octanol–water partition coefficient (Wildman–Crippen LogP) is 1.67. The highest BCUT2D eigenvalue weighted by molar-refractivity contribution is 5.71. The first-order chi connectivity index (χ1) is 5.34. The normalized spacial score (nSPS) is 19.7. The molecule has 3 nitrogen and oxygen atoms in total. The van der Waals surface area contributed by atoms with E-state index in [0.29, 0.717) is 0 Å².